The van der Waals surface area contributed by atoms with E-state index in [4.69, 9.17) is 0 Å². The van der Waals surface area contributed by atoms with Crippen LogP contribution in [0.25, 0.3) is 0 Å². The second-order valence-electron chi connectivity index (χ2n) is 5.20. The van der Waals surface area contributed by atoms with Crippen LogP contribution in [0.1, 0.15) is 36.9 Å². The first kappa shape index (κ1) is 17.7. The molecule has 0 fully saturated rings. The summed E-state index contributed by atoms with van der Waals surface area (Å²) in [7, 11) is 2.04. The van der Waals surface area contributed by atoms with Gasteiger partial charge in [-0.2, -0.15) is 0 Å². The van der Waals surface area contributed by atoms with Crippen LogP contribution in [0.15, 0.2) is 17.5 Å². The van der Waals surface area contributed by atoms with Crippen molar-refractivity contribution < 1.29 is 9.59 Å². The van der Waals surface area contributed by atoms with Crippen molar-refractivity contribution in [2.24, 2.45) is 0 Å². The Bertz CT molecular complexity index is 448. The summed E-state index contributed by atoms with van der Waals surface area (Å²) in [6, 6.07) is 3.52. The van der Waals surface area contributed by atoms with Gasteiger partial charge in [0.1, 0.15) is 6.04 Å². The van der Waals surface area contributed by atoms with Crippen LogP contribution in [0.4, 0.5) is 0 Å². The summed E-state index contributed by atoms with van der Waals surface area (Å²) in [6.07, 6.45) is 1.08. The molecular formula is C15H25N3O2S. The topological polar surface area (TPSA) is 61.4 Å². The third-order valence-electron chi connectivity index (χ3n) is 3.59. The van der Waals surface area contributed by atoms with Crippen LogP contribution in [-0.2, 0) is 4.79 Å². The molecule has 118 valence electrons. The molecule has 0 saturated heterocycles. The van der Waals surface area contributed by atoms with Gasteiger partial charge in [0.2, 0.25) is 5.91 Å². The monoisotopic (exact) mass is 311 g/mol. The molecule has 0 bridgehead atoms. The van der Waals surface area contributed by atoms with E-state index in [1.165, 1.54) is 11.3 Å². The van der Waals surface area contributed by atoms with Crippen molar-refractivity contribution in [3.8, 4) is 0 Å². The first-order valence-electron chi connectivity index (χ1n) is 7.28. The number of hydrogen-bond acceptors (Lipinski definition) is 4. The van der Waals surface area contributed by atoms with E-state index in [9.17, 15) is 9.59 Å². The third-order valence-corrected chi connectivity index (χ3v) is 4.46. The number of likely N-dealkylation sites (N-methyl/N-ethyl adjacent to an activating group) is 1. The lowest BCUT2D eigenvalue weighted by Gasteiger charge is -2.23. The lowest BCUT2D eigenvalue weighted by molar-refractivity contribution is -0.122. The van der Waals surface area contributed by atoms with Gasteiger partial charge in [0, 0.05) is 19.1 Å². The average molecular weight is 311 g/mol. The van der Waals surface area contributed by atoms with Crippen molar-refractivity contribution in [1.29, 1.82) is 0 Å². The maximum Gasteiger partial charge on any atom is 0.261 e. The van der Waals surface area contributed by atoms with Gasteiger partial charge in [-0.15, -0.1) is 11.3 Å². The maximum atomic E-state index is 11.9. The molecule has 0 unspecified atom stereocenters. The first-order chi connectivity index (χ1) is 9.95. The Morgan fingerprint density at radius 2 is 2.10 bits per heavy atom. The van der Waals surface area contributed by atoms with E-state index >= 15 is 0 Å². The molecule has 1 heterocycles. The number of hydrogen-bond donors (Lipinski definition) is 2. The minimum absolute atomic E-state index is 0.155. The number of thiophene rings is 1. The van der Waals surface area contributed by atoms with Crippen LogP contribution in [0.5, 0.6) is 0 Å². The molecule has 5 nitrogen and oxygen atoms in total. The quantitative estimate of drug-likeness (QED) is 0.768. The molecule has 0 aliphatic rings. The summed E-state index contributed by atoms with van der Waals surface area (Å²) in [5, 5.41) is 7.39. The van der Waals surface area contributed by atoms with Gasteiger partial charge in [-0.3, -0.25) is 9.59 Å². The number of carbonyl (C=O) groups excluding carboxylic acids is 2. The molecule has 21 heavy (non-hydrogen) atoms. The molecule has 0 radical (unpaired) electrons. The number of rotatable bonds is 8. The second kappa shape index (κ2) is 8.79. The van der Waals surface area contributed by atoms with Crippen LogP contribution in [-0.4, -0.2) is 48.9 Å². The van der Waals surface area contributed by atoms with Crippen LogP contribution >= 0.6 is 11.3 Å². The zero-order chi connectivity index (χ0) is 15.8. The zero-order valence-corrected chi connectivity index (χ0v) is 14.0. The Kier molecular flexibility index (Phi) is 7.39. The van der Waals surface area contributed by atoms with Crippen LogP contribution in [0.2, 0.25) is 0 Å². The molecule has 1 aromatic heterocycles. The Morgan fingerprint density at radius 1 is 1.38 bits per heavy atom. The van der Waals surface area contributed by atoms with E-state index in [0.717, 1.165) is 13.0 Å². The highest BCUT2D eigenvalue weighted by atomic mass is 32.1. The molecule has 2 N–H and O–H groups in total. The normalized spacial score (nSPS) is 13.8. The van der Waals surface area contributed by atoms with E-state index < -0.39 is 6.04 Å². The largest absolute Gasteiger partial charge is 0.353 e. The zero-order valence-electron chi connectivity index (χ0n) is 13.2. The Labute approximate surface area is 130 Å². The fraction of sp³-hybridized carbons (Fsp3) is 0.600. The van der Waals surface area contributed by atoms with Gasteiger partial charge >= 0.3 is 0 Å². The van der Waals surface area contributed by atoms with E-state index in [1.807, 2.05) is 18.5 Å². The van der Waals surface area contributed by atoms with Crippen molar-refractivity contribution in [2.75, 3.05) is 20.1 Å². The molecule has 0 saturated carbocycles. The average Bonchev–Trinajstić information content (AvgIpc) is 3.00. The van der Waals surface area contributed by atoms with Gasteiger partial charge in [-0.1, -0.05) is 13.0 Å². The molecule has 0 aliphatic carbocycles. The number of nitrogens with one attached hydrogen (secondary N) is 2. The summed E-state index contributed by atoms with van der Waals surface area (Å²) in [5.74, 6) is -0.359. The maximum absolute atomic E-state index is 11.9. The number of amides is 2. The van der Waals surface area contributed by atoms with E-state index in [2.05, 4.69) is 29.4 Å². The van der Waals surface area contributed by atoms with E-state index in [0.29, 0.717) is 17.5 Å². The standard InChI is InChI=1S/C15H25N3O2S/c1-5-11(2)18(4)9-8-16-14(19)12(3)17-15(20)13-7-6-10-21-13/h6-7,10-12H,5,8-9H2,1-4H3,(H,16,19)(H,17,20)/t11-,12+/m1/s1. The summed E-state index contributed by atoms with van der Waals surface area (Å²) < 4.78 is 0. The third kappa shape index (κ3) is 5.85. The van der Waals surface area contributed by atoms with Crippen molar-refractivity contribution >= 4 is 23.2 Å². The molecule has 2 amide bonds. The predicted octanol–water partition coefficient (Wildman–Crippen LogP) is 1.71. The van der Waals surface area contributed by atoms with Gasteiger partial charge < -0.3 is 15.5 Å². The number of nitrogens with zero attached hydrogens (tertiary/aromatic N) is 1. The molecule has 2 atom stereocenters. The SMILES string of the molecule is CC[C@@H](C)N(C)CCNC(=O)[C@H](C)NC(=O)c1cccs1. The van der Waals surface area contributed by atoms with Crippen molar-refractivity contribution in [3.63, 3.8) is 0 Å². The molecule has 1 aromatic rings. The fourth-order valence-corrected chi connectivity index (χ4v) is 2.41. The predicted molar refractivity (Wildman–Crippen MR) is 86.6 cm³/mol. The van der Waals surface area contributed by atoms with Gasteiger partial charge in [0.05, 0.1) is 4.88 Å². The lowest BCUT2D eigenvalue weighted by Crippen LogP contribution is -2.46. The molecule has 0 aliphatic heterocycles. The van der Waals surface area contributed by atoms with Gasteiger partial charge in [0.25, 0.3) is 5.91 Å². The van der Waals surface area contributed by atoms with Gasteiger partial charge in [0.15, 0.2) is 0 Å². The summed E-state index contributed by atoms with van der Waals surface area (Å²) in [5.41, 5.74) is 0. The van der Waals surface area contributed by atoms with Crippen molar-refractivity contribution in [1.82, 2.24) is 15.5 Å². The van der Waals surface area contributed by atoms with E-state index in [1.54, 1.807) is 13.0 Å². The molecule has 0 aromatic carbocycles. The van der Waals surface area contributed by atoms with E-state index in [-0.39, 0.29) is 11.8 Å². The summed E-state index contributed by atoms with van der Waals surface area (Å²) >= 11 is 1.36. The summed E-state index contributed by atoms with van der Waals surface area (Å²) in [4.78, 5) is 26.6. The molecular weight excluding hydrogens is 286 g/mol. The Balaban J connectivity index is 2.30. The first-order valence-corrected chi connectivity index (χ1v) is 8.16. The molecule has 1 rings (SSSR count). The molecule has 0 spiro atoms. The van der Waals surface area contributed by atoms with Crippen molar-refractivity contribution in [2.45, 2.75) is 39.3 Å². The second-order valence-corrected chi connectivity index (χ2v) is 6.15. The fourth-order valence-electron chi connectivity index (χ4n) is 1.78. The number of carbonyl (C=O) groups is 2. The van der Waals surface area contributed by atoms with Gasteiger partial charge in [-0.25, -0.2) is 0 Å². The molecule has 6 heteroatoms. The van der Waals surface area contributed by atoms with Crippen molar-refractivity contribution in [3.05, 3.63) is 22.4 Å². The smallest absolute Gasteiger partial charge is 0.261 e. The highest BCUT2D eigenvalue weighted by Crippen LogP contribution is 2.08. The van der Waals surface area contributed by atoms with Crippen LogP contribution < -0.4 is 10.6 Å². The Morgan fingerprint density at radius 3 is 2.67 bits per heavy atom. The lowest BCUT2D eigenvalue weighted by atomic mass is 10.2. The van der Waals surface area contributed by atoms with Gasteiger partial charge in [-0.05, 0) is 38.8 Å². The highest BCUT2D eigenvalue weighted by Gasteiger charge is 2.17. The minimum Gasteiger partial charge on any atom is -0.353 e. The Hall–Kier alpha value is -1.40. The van der Waals surface area contributed by atoms with Crippen LogP contribution in [0, 0.1) is 0 Å². The summed E-state index contributed by atoms with van der Waals surface area (Å²) in [6.45, 7) is 7.37. The van der Waals surface area contributed by atoms with Crippen LogP contribution in [0.3, 0.4) is 0 Å². The highest BCUT2D eigenvalue weighted by molar-refractivity contribution is 7.12. The minimum atomic E-state index is -0.534.